The zero-order valence-corrected chi connectivity index (χ0v) is 14.3. The first-order chi connectivity index (χ1) is 11.3. The summed E-state index contributed by atoms with van der Waals surface area (Å²) in [7, 11) is -0.461. The van der Waals surface area contributed by atoms with Crippen LogP contribution in [0.15, 0.2) is 42.5 Å². The Morgan fingerprint density at radius 3 is 2.21 bits per heavy atom. The van der Waals surface area contributed by atoms with Gasteiger partial charge in [0.15, 0.2) is 0 Å². The second-order valence-electron chi connectivity index (χ2n) is 4.97. The van der Waals surface area contributed by atoms with Crippen molar-refractivity contribution in [1.29, 1.82) is 0 Å². The molecule has 0 radical (unpaired) electrons. The fourth-order valence-corrected chi connectivity index (χ4v) is 2.57. The predicted octanol–water partition coefficient (Wildman–Crippen LogP) is 2.33. The van der Waals surface area contributed by atoms with Crippen LogP contribution in [0.5, 0.6) is 11.5 Å². The maximum atomic E-state index is 12.2. The molecule has 0 aromatic heterocycles. The Hall–Kier alpha value is -2.74. The van der Waals surface area contributed by atoms with Crippen LogP contribution in [0.4, 0.5) is 11.4 Å². The predicted molar refractivity (Wildman–Crippen MR) is 92.4 cm³/mol. The Bertz CT molecular complexity index is 832. The van der Waals surface area contributed by atoms with Crippen molar-refractivity contribution in [2.24, 2.45) is 0 Å². The van der Waals surface area contributed by atoms with Crippen LogP contribution in [-0.2, 0) is 10.0 Å². The van der Waals surface area contributed by atoms with Gasteiger partial charge >= 0.3 is 0 Å². The third-order valence-corrected chi connectivity index (χ3v) is 3.70. The first-order valence-corrected chi connectivity index (χ1v) is 8.83. The van der Waals surface area contributed by atoms with Crippen molar-refractivity contribution in [2.45, 2.75) is 0 Å². The van der Waals surface area contributed by atoms with E-state index in [1.54, 1.807) is 37.4 Å². The highest BCUT2D eigenvalue weighted by Gasteiger charge is 2.11. The minimum Gasteiger partial charge on any atom is -0.497 e. The molecule has 0 atom stereocenters. The Morgan fingerprint density at radius 1 is 1.00 bits per heavy atom. The van der Waals surface area contributed by atoms with E-state index in [0.717, 1.165) is 6.26 Å². The number of anilines is 2. The van der Waals surface area contributed by atoms with E-state index < -0.39 is 10.0 Å². The molecule has 0 heterocycles. The zero-order chi connectivity index (χ0) is 17.7. The Balaban J connectivity index is 2.18. The van der Waals surface area contributed by atoms with Crippen molar-refractivity contribution in [3.8, 4) is 11.5 Å². The number of carbonyl (C=O) groups excluding carboxylic acids is 1. The summed E-state index contributed by atoms with van der Waals surface area (Å²) < 4.78 is 35.2. The van der Waals surface area contributed by atoms with Crippen LogP contribution in [0.3, 0.4) is 0 Å². The summed E-state index contributed by atoms with van der Waals surface area (Å²) in [5.74, 6) is 0.654. The van der Waals surface area contributed by atoms with Gasteiger partial charge in [0.2, 0.25) is 10.0 Å². The van der Waals surface area contributed by atoms with Crippen molar-refractivity contribution in [3.05, 3.63) is 48.0 Å². The SMILES string of the molecule is COc1ccc(C(=O)Nc2ccc(NS(C)(=O)=O)c(OC)c2)cc1. The third kappa shape index (κ3) is 4.63. The highest BCUT2D eigenvalue weighted by molar-refractivity contribution is 7.92. The number of amides is 1. The van der Waals surface area contributed by atoms with Crippen LogP contribution in [0.2, 0.25) is 0 Å². The number of carbonyl (C=O) groups is 1. The van der Waals surface area contributed by atoms with Gasteiger partial charge in [-0.1, -0.05) is 0 Å². The van der Waals surface area contributed by atoms with Crippen molar-refractivity contribution in [2.75, 3.05) is 30.5 Å². The van der Waals surface area contributed by atoms with E-state index in [9.17, 15) is 13.2 Å². The molecule has 0 aliphatic carbocycles. The third-order valence-electron chi connectivity index (χ3n) is 3.11. The van der Waals surface area contributed by atoms with Gasteiger partial charge < -0.3 is 14.8 Å². The van der Waals surface area contributed by atoms with Gasteiger partial charge in [-0.3, -0.25) is 9.52 Å². The van der Waals surface area contributed by atoms with Gasteiger partial charge in [0.05, 0.1) is 26.2 Å². The topological polar surface area (TPSA) is 93.7 Å². The maximum Gasteiger partial charge on any atom is 0.255 e. The van der Waals surface area contributed by atoms with Crippen LogP contribution in [0.25, 0.3) is 0 Å². The van der Waals surface area contributed by atoms with E-state index in [-0.39, 0.29) is 5.91 Å². The van der Waals surface area contributed by atoms with E-state index in [4.69, 9.17) is 9.47 Å². The number of ether oxygens (including phenoxy) is 2. The largest absolute Gasteiger partial charge is 0.497 e. The summed E-state index contributed by atoms with van der Waals surface area (Å²) in [6.45, 7) is 0. The Morgan fingerprint density at radius 2 is 1.67 bits per heavy atom. The van der Waals surface area contributed by atoms with Crippen LogP contribution in [0, 0.1) is 0 Å². The molecule has 2 aromatic carbocycles. The van der Waals surface area contributed by atoms with Gasteiger partial charge in [0, 0.05) is 17.3 Å². The summed E-state index contributed by atoms with van der Waals surface area (Å²) in [4.78, 5) is 12.2. The summed E-state index contributed by atoms with van der Waals surface area (Å²) in [5.41, 5.74) is 1.24. The second-order valence-corrected chi connectivity index (χ2v) is 6.72. The second kappa shape index (κ2) is 7.22. The number of hydrogen-bond acceptors (Lipinski definition) is 5. The Kier molecular flexibility index (Phi) is 5.30. The summed E-state index contributed by atoms with van der Waals surface area (Å²) in [6, 6.07) is 11.3. The van der Waals surface area contributed by atoms with E-state index in [0.29, 0.717) is 28.4 Å². The van der Waals surface area contributed by atoms with E-state index in [1.165, 1.54) is 19.2 Å². The molecule has 2 aromatic rings. The van der Waals surface area contributed by atoms with Crippen molar-refractivity contribution >= 4 is 27.3 Å². The lowest BCUT2D eigenvalue weighted by Crippen LogP contribution is -2.13. The number of methoxy groups -OCH3 is 2. The summed E-state index contributed by atoms with van der Waals surface area (Å²) in [5, 5.41) is 2.72. The highest BCUT2D eigenvalue weighted by atomic mass is 32.2. The van der Waals surface area contributed by atoms with Gasteiger partial charge in [-0.05, 0) is 36.4 Å². The van der Waals surface area contributed by atoms with Gasteiger partial charge in [-0.15, -0.1) is 0 Å². The first-order valence-electron chi connectivity index (χ1n) is 6.93. The summed E-state index contributed by atoms with van der Waals surface area (Å²) in [6.07, 6.45) is 1.05. The lowest BCUT2D eigenvalue weighted by atomic mass is 10.2. The van der Waals surface area contributed by atoms with Crippen LogP contribution >= 0.6 is 0 Å². The number of benzene rings is 2. The minimum atomic E-state index is -3.42. The molecule has 0 spiro atoms. The molecule has 0 aliphatic heterocycles. The molecule has 0 unspecified atom stereocenters. The minimum absolute atomic E-state index is 0.294. The molecule has 0 fully saturated rings. The first kappa shape index (κ1) is 17.6. The van der Waals surface area contributed by atoms with Crippen LogP contribution in [0.1, 0.15) is 10.4 Å². The van der Waals surface area contributed by atoms with E-state index in [1.807, 2.05) is 0 Å². The molecule has 2 rings (SSSR count). The van der Waals surface area contributed by atoms with Gasteiger partial charge in [0.1, 0.15) is 11.5 Å². The average Bonchev–Trinajstić information content (AvgIpc) is 2.55. The molecule has 7 nitrogen and oxygen atoms in total. The number of rotatable bonds is 6. The lowest BCUT2D eigenvalue weighted by Gasteiger charge is -2.12. The van der Waals surface area contributed by atoms with Crippen LogP contribution in [-0.4, -0.2) is 34.8 Å². The van der Waals surface area contributed by atoms with Gasteiger partial charge in [-0.2, -0.15) is 0 Å². The Labute approximate surface area is 140 Å². The fourth-order valence-electron chi connectivity index (χ4n) is 2.00. The van der Waals surface area contributed by atoms with Crippen molar-refractivity contribution < 1.29 is 22.7 Å². The number of hydrogen-bond donors (Lipinski definition) is 2. The number of nitrogens with one attached hydrogen (secondary N) is 2. The molecule has 8 heteroatoms. The zero-order valence-electron chi connectivity index (χ0n) is 13.5. The number of sulfonamides is 1. The molecular weight excluding hydrogens is 332 g/mol. The van der Waals surface area contributed by atoms with Crippen molar-refractivity contribution in [1.82, 2.24) is 0 Å². The summed E-state index contributed by atoms with van der Waals surface area (Å²) >= 11 is 0. The van der Waals surface area contributed by atoms with E-state index in [2.05, 4.69) is 10.0 Å². The molecule has 0 saturated heterocycles. The molecule has 128 valence electrons. The maximum absolute atomic E-state index is 12.2. The molecule has 2 N–H and O–H groups in total. The standard InChI is InChI=1S/C16H18N2O5S/c1-22-13-7-4-11(5-8-13)16(19)17-12-6-9-14(15(10-12)23-2)18-24(3,20)21/h4-10,18H,1-3H3,(H,17,19). The molecule has 0 saturated carbocycles. The van der Waals surface area contributed by atoms with Crippen molar-refractivity contribution in [3.63, 3.8) is 0 Å². The average molecular weight is 350 g/mol. The fraction of sp³-hybridized carbons (Fsp3) is 0.188. The quantitative estimate of drug-likeness (QED) is 0.834. The molecule has 24 heavy (non-hydrogen) atoms. The highest BCUT2D eigenvalue weighted by Crippen LogP contribution is 2.29. The van der Waals surface area contributed by atoms with Gasteiger partial charge in [0.25, 0.3) is 5.91 Å². The van der Waals surface area contributed by atoms with E-state index >= 15 is 0 Å². The molecular formula is C16H18N2O5S. The van der Waals surface area contributed by atoms with Gasteiger partial charge in [-0.25, -0.2) is 8.42 Å². The molecule has 0 bridgehead atoms. The lowest BCUT2D eigenvalue weighted by molar-refractivity contribution is 0.102. The smallest absolute Gasteiger partial charge is 0.255 e. The molecule has 1 amide bonds. The van der Waals surface area contributed by atoms with Crippen LogP contribution < -0.4 is 19.5 Å². The molecule has 0 aliphatic rings. The normalized spacial score (nSPS) is 10.8. The monoisotopic (exact) mass is 350 g/mol.